The average molecular weight is 500 g/mol. The van der Waals surface area contributed by atoms with Crippen LogP contribution in [-0.4, -0.2) is 21.3 Å². The summed E-state index contributed by atoms with van der Waals surface area (Å²) in [6.07, 6.45) is 3.29. The van der Waals surface area contributed by atoms with Crippen molar-refractivity contribution >= 4 is 27.7 Å². The monoisotopic (exact) mass is 499 g/mol. The van der Waals surface area contributed by atoms with Crippen LogP contribution in [0.2, 0.25) is 0 Å². The van der Waals surface area contributed by atoms with Crippen LogP contribution >= 0.6 is 15.9 Å². The number of anilines is 1. The van der Waals surface area contributed by atoms with Crippen molar-refractivity contribution in [2.75, 3.05) is 26.2 Å². The molecule has 0 bridgehead atoms. The van der Waals surface area contributed by atoms with Gasteiger partial charge in [-0.05, 0) is 65.6 Å². The highest BCUT2D eigenvalue weighted by Crippen LogP contribution is 2.34. The summed E-state index contributed by atoms with van der Waals surface area (Å²) in [7, 11) is 4.84. The molecule has 0 aromatic heterocycles. The van der Waals surface area contributed by atoms with Crippen LogP contribution < -0.4 is 14.4 Å². The van der Waals surface area contributed by atoms with Gasteiger partial charge in [0.25, 0.3) is 0 Å². The lowest BCUT2D eigenvalue weighted by Crippen LogP contribution is -2.23. The van der Waals surface area contributed by atoms with Gasteiger partial charge in [0.1, 0.15) is 17.3 Å². The molecule has 32 heavy (non-hydrogen) atoms. The van der Waals surface area contributed by atoms with Crippen LogP contribution in [0.5, 0.6) is 11.5 Å². The van der Waals surface area contributed by atoms with Crippen LogP contribution in [-0.2, 0) is 17.8 Å². The molecule has 0 aliphatic heterocycles. The standard InChI is InChI=1S/C26H27BrFNO3/c1-18-23(13-14-30-2)24(27)15-25(26(18)28)29(16-19-5-9-21(31-3)10-6-19)17-20-7-11-22(32-4)12-8-20/h5-15H,16-17H2,1-4H3/b14-13-. The minimum Gasteiger partial charge on any atom is -0.504 e. The van der Waals surface area contributed by atoms with E-state index in [1.54, 1.807) is 40.6 Å². The van der Waals surface area contributed by atoms with Gasteiger partial charge in [0, 0.05) is 17.6 Å². The second kappa shape index (κ2) is 11.0. The molecule has 3 rings (SSSR count). The van der Waals surface area contributed by atoms with Gasteiger partial charge < -0.3 is 19.1 Å². The van der Waals surface area contributed by atoms with Gasteiger partial charge in [-0.1, -0.05) is 40.2 Å². The molecule has 0 saturated heterocycles. The molecule has 0 heterocycles. The van der Waals surface area contributed by atoms with Crippen molar-refractivity contribution in [2.24, 2.45) is 0 Å². The smallest absolute Gasteiger partial charge is 0.150 e. The summed E-state index contributed by atoms with van der Waals surface area (Å²) in [4.78, 5) is 2.03. The zero-order valence-electron chi connectivity index (χ0n) is 18.7. The minimum atomic E-state index is -0.258. The van der Waals surface area contributed by atoms with Crippen LogP contribution in [0, 0.1) is 12.7 Å². The Morgan fingerprint density at radius 3 is 1.81 bits per heavy atom. The molecule has 168 valence electrons. The summed E-state index contributed by atoms with van der Waals surface area (Å²) >= 11 is 3.61. The number of benzene rings is 3. The fourth-order valence-corrected chi connectivity index (χ4v) is 4.10. The van der Waals surface area contributed by atoms with E-state index >= 15 is 4.39 Å². The molecule has 0 amide bonds. The van der Waals surface area contributed by atoms with Gasteiger partial charge in [-0.15, -0.1) is 0 Å². The van der Waals surface area contributed by atoms with E-state index in [0.29, 0.717) is 24.3 Å². The summed E-state index contributed by atoms with van der Waals surface area (Å²) in [6.45, 7) is 2.84. The Morgan fingerprint density at radius 2 is 1.38 bits per heavy atom. The predicted octanol–water partition coefficient (Wildman–Crippen LogP) is 6.74. The Balaban J connectivity index is 2.01. The molecule has 0 aliphatic rings. The fraction of sp³-hybridized carbons (Fsp3) is 0.231. The summed E-state index contributed by atoms with van der Waals surface area (Å²) in [5, 5.41) is 0. The highest BCUT2D eigenvalue weighted by atomic mass is 79.9. The Labute approximate surface area is 197 Å². The minimum absolute atomic E-state index is 0.258. The SMILES string of the molecule is CO/C=C\c1c(Br)cc(N(Cc2ccc(OC)cc2)Cc2ccc(OC)cc2)c(F)c1C. The van der Waals surface area contributed by atoms with Crippen molar-refractivity contribution in [1.82, 2.24) is 0 Å². The van der Waals surface area contributed by atoms with E-state index in [0.717, 1.165) is 32.7 Å². The molecule has 0 N–H and O–H groups in total. The maximum atomic E-state index is 15.6. The Hall–Kier alpha value is -2.99. The molecule has 0 saturated carbocycles. The summed E-state index contributed by atoms with van der Waals surface area (Å²) < 4.78 is 31.9. The first-order valence-electron chi connectivity index (χ1n) is 10.2. The molecule has 0 spiro atoms. The van der Waals surface area contributed by atoms with Crippen LogP contribution in [0.3, 0.4) is 0 Å². The second-order valence-electron chi connectivity index (χ2n) is 7.32. The van der Waals surface area contributed by atoms with E-state index in [9.17, 15) is 0 Å². The highest BCUT2D eigenvalue weighted by molar-refractivity contribution is 9.10. The highest BCUT2D eigenvalue weighted by Gasteiger charge is 2.19. The van der Waals surface area contributed by atoms with Crippen LogP contribution in [0.1, 0.15) is 22.3 Å². The molecule has 0 radical (unpaired) electrons. The third kappa shape index (κ3) is 5.62. The van der Waals surface area contributed by atoms with E-state index in [-0.39, 0.29) is 5.82 Å². The van der Waals surface area contributed by atoms with Gasteiger partial charge in [-0.3, -0.25) is 0 Å². The number of nitrogens with zero attached hydrogens (tertiary/aromatic N) is 1. The normalized spacial score (nSPS) is 10.9. The zero-order valence-corrected chi connectivity index (χ0v) is 20.3. The number of ether oxygens (including phenoxy) is 3. The fourth-order valence-electron chi connectivity index (χ4n) is 3.45. The second-order valence-corrected chi connectivity index (χ2v) is 8.18. The van der Waals surface area contributed by atoms with E-state index < -0.39 is 0 Å². The van der Waals surface area contributed by atoms with Crippen molar-refractivity contribution < 1.29 is 18.6 Å². The number of methoxy groups -OCH3 is 3. The topological polar surface area (TPSA) is 30.9 Å². The Kier molecular flexibility index (Phi) is 8.17. The molecule has 0 atom stereocenters. The lowest BCUT2D eigenvalue weighted by molar-refractivity contribution is 0.341. The van der Waals surface area contributed by atoms with Crippen LogP contribution in [0.25, 0.3) is 6.08 Å². The van der Waals surface area contributed by atoms with Gasteiger partial charge in [-0.2, -0.15) is 0 Å². The lowest BCUT2D eigenvalue weighted by atomic mass is 10.0. The first-order valence-corrected chi connectivity index (χ1v) is 10.9. The molecule has 0 aliphatic carbocycles. The number of hydrogen-bond donors (Lipinski definition) is 0. The van der Waals surface area contributed by atoms with E-state index in [4.69, 9.17) is 14.2 Å². The van der Waals surface area contributed by atoms with Gasteiger partial charge in [0.05, 0.1) is 33.3 Å². The number of rotatable bonds is 9. The van der Waals surface area contributed by atoms with E-state index in [1.807, 2.05) is 59.5 Å². The van der Waals surface area contributed by atoms with Gasteiger partial charge in [0.15, 0.2) is 0 Å². The quantitative estimate of drug-likeness (QED) is 0.305. The van der Waals surface area contributed by atoms with Crippen molar-refractivity contribution in [1.29, 1.82) is 0 Å². The maximum absolute atomic E-state index is 15.6. The predicted molar refractivity (Wildman–Crippen MR) is 131 cm³/mol. The molecular formula is C26H27BrFNO3. The largest absolute Gasteiger partial charge is 0.504 e. The summed E-state index contributed by atoms with van der Waals surface area (Å²) in [6, 6.07) is 17.5. The maximum Gasteiger partial charge on any atom is 0.150 e. The first-order chi connectivity index (χ1) is 15.5. The van der Waals surface area contributed by atoms with E-state index in [2.05, 4.69) is 15.9 Å². The molecule has 0 unspecified atom stereocenters. The molecule has 0 fully saturated rings. The Morgan fingerprint density at radius 1 is 0.875 bits per heavy atom. The zero-order chi connectivity index (χ0) is 23.1. The first kappa shape index (κ1) is 23.7. The molecule has 3 aromatic carbocycles. The lowest BCUT2D eigenvalue weighted by Gasteiger charge is -2.27. The third-order valence-corrected chi connectivity index (χ3v) is 5.91. The summed E-state index contributed by atoms with van der Waals surface area (Å²) in [5.74, 6) is 1.31. The molecule has 6 heteroatoms. The van der Waals surface area contributed by atoms with Gasteiger partial charge >= 0.3 is 0 Å². The molecule has 4 nitrogen and oxygen atoms in total. The van der Waals surface area contributed by atoms with Crippen molar-refractivity contribution in [3.05, 3.63) is 93.4 Å². The van der Waals surface area contributed by atoms with Gasteiger partial charge in [0.2, 0.25) is 0 Å². The van der Waals surface area contributed by atoms with Gasteiger partial charge in [-0.25, -0.2) is 4.39 Å². The van der Waals surface area contributed by atoms with Crippen LogP contribution in [0.4, 0.5) is 10.1 Å². The number of halogens is 2. The van der Waals surface area contributed by atoms with E-state index in [1.165, 1.54) is 0 Å². The Bertz CT molecular complexity index is 1020. The summed E-state index contributed by atoms with van der Waals surface area (Å²) in [5.41, 5.74) is 3.93. The van der Waals surface area contributed by atoms with Crippen LogP contribution in [0.15, 0.2) is 65.3 Å². The number of hydrogen-bond acceptors (Lipinski definition) is 4. The molecule has 3 aromatic rings. The van der Waals surface area contributed by atoms with Crippen molar-refractivity contribution in [3.8, 4) is 11.5 Å². The van der Waals surface area contributed by atoms with Crippen molar-refractivity contribution in [2.45, 2.75) is 20.0 Å². The third-order valence-electron chi connectivity index (χ3n) is 5.26. The van der Waals surface area contributed by atoms with Crippen molar-refractivity contribution in [3.63, 3.8) is 0 Å². The molecular weight excluding hydrogens is 473 g/mol. The average Bonchev–Trinajstić information content (AvgIpc) is 2.82.